The van der Waals surface area contributed by atoms with Gasteiger partial charge >= 0.3 is 5.97 Å². The number of hydrogen-bond donors (Lipinski definition) is 1. The average Bonchev–Trinajstić information content (AvgIpc) is 3.31. The number of carbonyl (C=O) groups excluding carboxylic acids is 2. The Labute approximate surface area is 153 Å². The van der Waals surface area contributed by atoms with Gasteiger partial charge in [-0.25, -0.2) is 4.79 Å². The van der Waals surface area contributed by atoms with Crippen molar-refractivity contribution in [3.8, 4) is 11.4 Å². The van der Waals surface area contributed by atoms with Crippen LogP contribution < -0.4 is 5.32 Å². The monoisotopic (exact) mass is 371 g/mol. The molecule has 3 aromatic rings. The first-order valence-corrected chi connectivity index (χ1v) is 8.77. The lowest BCUT2D eigenvalue weighted by molar-refractivity contribution is -0.149. The molecule has 0 aliphatic carbocycles. The highest BCUT2D eigenvalue weighted by Crippen LogP contribution is 2.13. The molecule has 26 heavy (non-hydrogen) atoms. The van der Waals surface area contributed by atoms with Crippen LogP contribution >= 0.6 is 11.3 Å². The predicted octanol–water partition coefficient (Wildman–Crippen LogP) is 1.57. The number of amides is 1. The number of benzene rings is 1. The molecule has 9 heteroatoms. The molecule has 2 aromatic heterocycles. The fourth-order valence-corrected chi connectivity index (χ4v) is 2.73. The molecule has 1 aromatic carbocycles. The average molecular weight is 371 g/mol. The Morgan fingerprint density at radius 2 is 2.04 bits per heavy atom. The highest BCUT2D eigenvalue weighted by molar-refractivity contribution is 7.09. The number of ether oxygens (including phenoxy) is 1. The molecule has 0 fully saturated rings. The van der Waals surface area contributed by atoms with E-state index in [1.807, 2.05) is 48.7 Å². The van der Waals surface area contributed by atoms with Crippen LogP contribution in [0.1, 0.15) is 10.4 Å². The van der Waals surface area contributed by atoms with Crippen LogP contribution in [0.5, 0.6) is 0 Å². The number of nitrogens with one attached hydrogen (secondary N) is 1. The second kappa shape index (κ2) is 8.34. The van der Waals surface area contributed by atoms with Crippen molar-refractivity contribution in [2.45, 2.75) is 20.0 Å². The quantitative estimate of drug-likeness (QED) is 0.633. The van der Waals surface area contributed by atoms with E-state index in [2.05, 4.69) is 20.7 Å². The lowest BCUT2D eigenvalue weighted by atomic mass is 10.1. The maximum Gasteiger partial charge on any atom is 0.330 e. The molecule has 134 valence electrons. The first-order valence-electron chi connectivity index (χ1n) is 7.90. The molecule has 8 nitrogen and oxygen atoms in total. The fraction of sp³-hybridized carbons (Fsp3) is 0.235. The predicted molar refractivity (Wildman–Crippen MR) is 95.1 cm³/mol. The summed E-state index contributed by atoms with van der Waals surface area (Å²) in [6, 6.07) is 11.5. The van der Waals surface area contributed by atoms with E-state index in [0.29, 0.717) is 12.4 Å². The molecule has 1 amide bonds. The third kappa shape index (κ3) is 4.96. The van der Waals surface area contributed by atoms with Crippen LogP contribution in [0, 0.1) is 6.92 Å². The molecule has 0 saturated heterocycles. The second-order valence-corrected chi connectivity index (χ2v) is 6.56. The lowest BCUT2D eigenvalue weighted by Gasteiger charge is -2.05. The van der Waals surface area contributed by atoms with E-state index in [9.17, 15) is 9.59 Å². The summed E-state index contributed by atoms with van der Waals surface area (Å²) in [5, 5.41) is 16.5. The molecule has 0 aliphatic heterocycles. The summed E-state index contributed by atoms with van der Waals surface area (Å²) in [5.74, 6) is -0.547. The molecule has 2 heterocycles. The van der Waals surface area contributed by atoms with Gasteiger partial charge in [-0.2, -0.15) is 4.80 Å². The van der Waals surface area contributed by atoms with Crippen molar-refractivity contribution >= 4 is 23.2 Å². The second-order valence-electron chi connectivity index (χ2n) is 5.53. The maximum atomic E-state index is 11.8. The van der Waals surface area contributed by atoms with Gasteiger partial charge in [0, 0.05) is 10.4 Å². The van der Waals surface area contributed by atoms with Crippen molar-refractivity contribution in [1.82, 2.24) is 25.5 Å². The van der Waals surface area contributed by atoms with Crippen molar-refractivity contribution in [1.29, 1.82) is 0 Å². The van der Waals surface area contributed by atoms with Crippen molar-refractivity contribution in [2.75, 3.05) is 6.61 Å². The van der Waals surface area contributed by atoms with Crippen molar-refractivity contribution in [3.63, 3.8) is 0 Å². The van der Waals surface area contributed by atoms with Crippen LogP contribution in [0.25, 0.3) is 11.4 Å². The van der Waals surface area contributed by atoms with Gasteiger partial charge < -0.3 is 10.1 Å². The van der Waals surface area contributed by atoms with E-state index in [-0.39, 0.29) is 19.1 Å². The number of esters is 1. The van der Waals surface area contributed by atoms with Gasteiger partial charge in [0.2, 0.25) is 5.82 Å². The lowest BCUT2D eigenvalue weighted by Crippen LogP contribution is -2.29. The molecule has 0 atom stereocenters. The molecule has 3 rings (SSSR count). The van der Waals surface area contributed by atoms with Crippen LogP contribution in [0.2, 0.25) is 0 Å². The zero-order valence-electron chi connectivity index (χ0n) is 14.1. The minimum Gasteiger partial charge on any atom is -0.454 e. The topological polar surface area (TPSA) is 99.0 Å². The number of thiophene rings is 1. The van der Waals surface area contributed by atoms with Gasteiger partial charge in [-0.1, -0.05) is 35.9 Å². The number of aryl methyl sites for hydroxylation is 1. The van der Waals surface area contributed by atoms with Gasteiger partial charge in [-0.15, -0.1) is 21.5 Å². The zero-order chi connectivity index (χ0) is 18.4. The number of rotatable bonds is 7. The minimum absolute atomic E-state index is 0.211. The van der Waals surface area contributed by atoms with E-state index in [0.717, 1.165) is 20.8 Å². The third-order valence-electron chi connectivity index (χ3n) is 3.44. The van der Waals surface area contributed by atoms with Gasteiger partial charge in [0.15, 0.2) is 13.2 Å². The largest absolute Gasteiger partial charge is 0.454 e. The Hall–Kier alpha value is -3.07. The highest BCUT2D eigenvalue weighted by Gasteiger charge is 2.12. The Morgan fingerprint density at radius 3 is 2.77 bits per heavy atom. The summed E-state index contributed by atoms with van der Waals surface area (Å²) in [6.07, 6.45) is 0. The number of tetrazole rings is 1. The molecule has 0 radical (unpaired) electrons. The Morgan fingerprint density at radius 1 is 1.23 bits per heavy atom. The standard InChI is InChI=1S/C17H17N5O3S/c1-12-4-6-13(7-5-12)17-19-21-22(20-17)10-16(24)25-11-15(23)18-9-14-3-2-8-26-14/h2-8H,9-11H2,1H3,(H,18,23). The number of carbonyl (C=O) groups is 2. The summed E-state index contributed by atoms with van der Waals surface area (Å²) < 4.78 is 4.93. The Kier molecular flexibility index (Phi) is 5.69. The van der Waals surface area contributed by atoms with Crippen molar-refractivity contribution in [3.05, 3.63) is 52.2 Å². The van der Waals surface area contributed by atoms with E-state index in [1.54, 1.807) is 11.3 Å². The molecule has 0 spiro atoms. The number of hydrogen-bond acceptors (Lipinski definition) is 7. The van der Waals surface area contributed by atoms with Gasteiger partial charge in [-0.3, -0.25) is 4.79 Å². The van der Waals surface area contributed by atoms with Gasteiger partial charge in [0.05, 0.1) is 6.54 Å². The molecule has 0 bridgehead atoms. The zero-order valence-corrected chi connectivity index (χ0v) is 14.9. The third-order valence-corrected chi connectivity index (χ3v) is 4.31. The maximum absolute atomic E-state index is 11.8. The molecular weight excluding hydrogens is 354 g/mol. The smallest absolute Gasteiger partial charge is 0.330 e. The summed E-state index contributed by atoms with van der Waals surface area (Å²) >= 11 is 1.54. The van der Waals surface area contributed by atoms with E-state index >= 15 is 0 Å². The van der Waals surface area contributed by atoms with Crippen molar-refractivity contribution in [2.24, 2.45) is 0 Å². The van der Waals surface area contributed by atoms with Crippen LogP contribution in [-0.2, 0) is 27.4 Å². The van der Waals surface area contributed by atoms with Crippen molar-refractivity contribution < 1.29 is 14.3 Å². The van der Waals surface area contributed by atoms with Crippen LogP contribution in [0.15, 0.2) is 41.8 Å². The first kappa shape index (κ1) is 17.7. The van der Waals surface area contributed by atoms with E-state index in [1.165, 1.54) is 0 Å². The van der Waals surface area contributed by atoms with Crippen LogP contribution in [0.4, 0.5) is 0 Å². The normalized spacial score (nSPS) is 10.5. The fourth-order valence-electron chi connectivity index (χ4n) is 2.09. The Balaban J connectivity index is 1.44. The molecule has 0 unspecified atom stereocenters. The number of nitrogens with zero attached hydrogens (tertiary/aromatic N) is 4. The summed E-state index contributed by atoms with van der Waals surface area (Å²) in [5.41, 5.74) is 1.94. The van der Waals surface area contributed by atoms with Gasteiger partial charge in [0.25, 0.3) is 5.91 Å². The molecule has 1 N–H and O–H groups in total. The number of aromatic nitrogens is 4. The van der Waals surface area contributed by atoms with Gasteiger partial charge in [0.1, 0.15) is 0 Å². The molecular formula is C17H17N5O3S. The molecule has 0 aliphatic rings. The highest BCUT2D eigenvalue weighted by atomic mass is 32.1. The Bertz CT molecular complexity index is 874. The van der Waals surface area contributed by atoms with E-state index in [4.69, 9.17) is 4.74 Å². The van der Waals surface area contributed by atoms with Crippen LogP contribution in [0.3, 0.4) is 0 Å². The summed E-state index contributed by atoms with van der Waals surface area (Å²) in [4.78, 5) is 25.7. The molecule has 0 saturated carbocycles. The summed E-state index contributed by atoms with van der Waals surface area (Å²) in [7, 11) is 0. The first-order chi connectivity index (χ1) is 12.6. The van der Waals surface area contributed by atoms with Gasteiger partial charge in [-0.05, 0) is 23.6 Å². The summed E-state index contributed by atoms with van der Waals surface area (Å²) in [6.45, 7) is 1.85. The van der Waals surface area contributed by atoms with E-state index < -0.39 is 5.97 Å². The minimum atomic E-state index is -0.607. The van der Waals surface area contributed by atoms with Crippen LogP contribution in [-0.4, -0.2) is 38.7 Å². The SMILES string of the molecule is Cc1ccc(-c2nnn(CC(=O)OCC(=O)NCc3cccs3)n2)cc1.